The second-order valence-electron chi connectivity index (χ2n) is 3.92. The summed E-state index contributed by atoms with van der Waals surface area (Å²) in [5.74, 6) is -0.424. The minimum atomic E-state index is -0.424. The normalized spacial score (nSPS) is 10.2. The van der Waals surface area contributed by atoms with E-state index in [1.165, 1.54) is 5.56 Å². The summed E-state index contributed by atoms with van der Waals surface area (Å²) in [5, 5.41) is 0. The Morgan fingerprint density at radius 1 is 1.06 bits per heavy atom. The van der Waals surface area contributed by atoms with Crippen molar-refractivity contribution in [3.05, 3.63) is 58.1 Å². The largest absolute Gasteiger partial charge is 0.366 e. The molecule has 0 aliphatic rings. The van der Waals surface area contributed by atoms with Gasteiger partial charge in [0.25, 0.3) is 0 Å². The van der Waals surface area contributed by atoms with Gasteiger partial charge in [-0.15, -0.1) is 0 Å². The molecule has 17 heavy (non-hydrogen) atoms. The van der Waals surface area contributed by atoms with Gasteiger partial charge in [0.15, 0.2) is 0 Å². The van der Waals surface area contributed by atoms with Gasteiger partial charge in [-0.3, -0.25) is 4.79 Å². The summed E-state index contributed by atoms with van der Waals surface area (Å²) in [7, 11) is 0. The zero-order valence-electron chi connectivity index (χ0n) is 9.41. The third kappa shape index (κ3) is 2.56. The van der Waals surface area contributed by atoms with Crippen LogP contribution in [-0.4, -0.2) is 5.91 Å². The van der Waals surface area contributed by atoms with Crippen LogP contribution in [0.25, 0.3) is 11.1 Å². The number of halogens is 1. The summed E-state index contributed by atoms with van der Waals surface area (Å²) in [4.78, 5) is 11.1. The summed E-state index contributed by atoms with van der Waals surface area (Å²) in [6, 6.07) is 13.8. The molecule has 3 heteroatoms. The third-order valence-corrected chi connectivity index (χ3v) is 3.28. The molecule has 2 aromatic rings. The molecule has 2 aromatic carbocycles. The number of carbonyl (C=O) groups excluding carboxylic acids is 1. The molecule has 0 bridgehead atoms. The molecular formula is C14H12BrNO. The van der Waals surface area contributed by atoms with Crippen LogP contribution in [0.1, 0.15) is 15.9 Å². The quantitative estimate of drug-likeness (QED) is 0.903. The van der Waals surface area contributed by atoms with Gasteiger partial charge in [0.2, 0.25) is 5.91 Å². The smallest absolute Gasteiger partial charge is 0.249 e. The van der Waals surface area contributed by atoms with Crippen molar-refractivity contribution in [2.24, 2.45) is 5.73 Å². The summed E-state index contributed by atoms with van der Waals surface area (Å²) < 4.78 is 0.725. The highest BCUT2D eigenvalue weighted by molar-refractivity contribution is 9.10. The Bertz CT molecular complexity index is 561. The van der Waals surface area contributed by atoms with Crippen molar-refractivity contribution < 1.29 is 4.79 Å². The first-order valence-corrected chi connectivity index (χ1v) is 6.03. The van der Waals surface area contributed by atoms with E-state index in [9.17, 15) is 4.79 Å². The third-order valence-electron chi connectivity index (χ3n) is 2.62. The molecule has 2 rings (SSSR count). The summed E-state index contributed by atoms with van der Waals surface area (Å²) in [5.41, 5.74) is 9.15. The second-order valence-corrected chi connectivity index (χ2v) is 4.78. The summed E-state index contributed by atoms with van der Waals surface area (Å²) in [6.07, 6.45) is 0. The summed E-state index contributed by atoms with van der Waals surface area (Å²) >= 11 is 3.36. The molecule has 2 nitrogen and oxygen atoms in total. The molecule has 86 valence electrons. The molecule has 0 heterocycles. The van der Waals surface area contributed by atoms with Crippen LogP contribution in [0.3, 0.4) is 0 Å². The van der Waals surface area contributed by atoms with Gasteiger partial charge in [-0.2, -0.15) is 0 Å². The van der Waals surface area contributed by atoms with Crippen molar-refractivity contribution in [3.63, 3.8) is 0 Å². The lowest BCUT2D eigenvalue weighted by Crippen LogP contribution is -2.11. The van der Waals surface area contributed by atoms with Gasteiger partial charge in [0, 0.05) is 4.47 Å². The van der Waals surface area contributed by atoms with E-state index in [1.807, 2.05) is 12.1 Å². The van der Waals surface area contributed by atoms with E-state index in [0.717, 1.165) is 15.6 Å². The van der Waals surface area contributed by atoms with Gasteiger partial charge in [0.05, 0.1) is 5.56 Å². The highest BCUT2D eigenvalue weighted by Crippen LogP contribution is 2.26. The molecule has 0 fully saturated rings. The minimum Gasteiger partial charge on any atom is -0.366 e. The number of amides is 1. The van der Waals surface area contributed by atoms with Gasteiger partial charge in [-0.1, -0.05) is 35.9 Å². The van der Waals surface area contributed by atoms with Crippen LogP contribution >= 0.6 is 15.9 Å². The highest BCUT2D eigenvalue weighted by Gasteiger charge is 2.07. The van der Waals surface area contributed by atoms with Gasteiger partial charge in [-0.05, 0) is 46.1 Å². The van der Waals surface area contributed by atoms with Crippen LogP contribution in [0, 0.1) is 6.92 Å². The molecule has 1 amide bonds. The first-order valence-electron chi connectivity index (χ1n) is 5.24. The van der Waals surface area contributed by atoms with Crippen molar-refractivity contribution >= 4 is 21.8 Å². The molecule has 0 atom stereocenters. The number of aryl methyl sites for hydroxylation is 1. The number of rotatable bonds is 2. The number of carbonyl (C=O) groups is 1. The fourth-order valence-corrected chi connectivity index (χ4v) is 2.21. The van der Waals surface area contributed by atoms with Crippen molar-refractivity contribution in [1.82, 2.24) is 0 Å². The number of primary amides is 1. The van der Waals surface area contributed by atoms with Crippen LogP contribution < -0.4 is 5.73 Å². The van der Waals surface area contributed by atoms with Crippen LogP contribution in [-0.2, 0) is 0 Å². The molecule has 0 aliphatic heterocycles. The summed E-state index contributed by atoms with van der Waals surface area (Å²) in [6.45, 7) is 2.05. The fourth-order valence-electron chi connectivity index (χ4n) is 1.64. The Morgan fingerprint density at radius 2 is 1.65 bits per heavy atom. The van der Waals surface area contributed by atoms with E-state index in [0.29, 0.717) is 5.56 Å². The Morgan fingerprint density at radius 3 is 2.18 bits per heavy atom. The molecule has 0 saturated heterocycles. The maximum Gasteiger partial charge on any atom is 0.249 e. The number of nitrogens with two attached hydrogens (primary N) is 1. The lowest BCUT2D eigenvalue weighted by atomic mass is 10.0. The average Bonchev–Trinajstić information content (AvgIpc) is 2.29. The van der Waals surface area contributed by atoms with Gasteiger partial charge >= 0.3 is 0 Å². The molecule has 0 radical (unpaired) electrons. The molecule has 0 saturated carbocycles. The molecule has 0 spiro atoms. The fraction of sp³-hybridized carbons (Fsp3) is 0.0714. The van der Waals surface area contributed by atoms with Crippen LogP contribution in [0.2, 0.25) is 0 Å². The molecule has 0 aliphatic carbocycles. The van der Waals surface area contributed by atoms with Crippen molar-refractivity contribution in [2.45, 2.75) is 6.92 Å². The van der Waals surface area contributed by atoms with E-state index in [1.54, 1.807) is 6.07 Å². The number of hydrogen-bond acceptors (Lipinski definition) is 1. The maximum absolute atomic E-state index is 11.1. The van der Waals surface area contributed by atoms with E-state index < -0.39 is 5.91 Å². The zero-order valence-corrected chi connectivity index (χ0v) is 11.0. The number of benzene rings is 2. The minimum absolute atomic E-state index is 0.424. The average molecular weight is 290 g/mol. The Labute approximate surface area is 109 Å². The van der Waals surface area contributed by atoms with Crippen molar-refractivity contribution in [3.8, 4) is 11.1 Å². The maximum atomic E-state index is 11.1. The zero-order chi connectivity index (χ0) is 12.4. The Hall–Kier alpha value is -1.61. The molecule has 0 unspecified atom stereocenters. The van der Waals surface area contributed by atoms with E-state index >= 15 is 0 Å². The van der Waals surface area contributed by atoms with Crippen LogP contribution in [0.4, 0.5) is 0 Å². The lowest BCUT2D eigenvalue weighted by molar-refractivity contribution is 0.0999. The van der Waals surface area contributed by atoms with E-state index in [2.05, 4.69) is 47.1 Å². The highest BCUT2D eigenvalue weighted by atomic mass is 79.9. The topological polar surface area (TPSA) is 43.1 Å². The van der Waals surface area contributed by atoms with Crippen molar-refractivity contribution in [2.75, 3.05) is 0 Å². The van der Waals surface area contributed by atoms with Crippen molar-refractivity contribution in [1.29, 1.82) is 0 Å². The van der Waals surface area contributed by atoms with E-state index in [4.69, 9.17) is 5.73 Å². The monoisotopic (exact) mass is 289 g/mol. The second kappa shape index (κ2) is 4.72. The van der Waals surface area contributed by atoms with Gasteiger partial charge in [-0.25, -0.2) is 0 Å². The standard InChI is InChI=1S/C14H12BrNO/c1-9-2-4-10(5-3-9)11-6-7-12(14(16)17)13(15)8-11/h2-8H,1H3,(H2,16,17). The molecular weight excluding hydrogens is 278 g/mol. The first-order chi connectivity index (χ1) is 8.08. The Balaban J connectivity index is 2.44. The lowest BCUT2D eigenvalue weighted by Gasteiger charge is -2.05. The molecule has 0 aromatic heterocycles. The van der Waals surface area contributed by atoms with Crippen LogP contribution in [0.15, 0.2) is 46.9 Å². The molecule has 2 N–H and O–H groups in total. The predicted octanol–water partition coefficient (Wildman–Crippen LogP) is 3.52. The SMILES string of the molecule is Cc1ccc(-c2ccc(C(N)=O)c(Br)c2)cc1. The van der Waals surface area contributed by atoms with Crippen LogP contribution in [0.5, 0.6) is 0 Å². The first kappa shape index (κ1) is 11.9. The predicted molar refractivity (Wildman–Crippen MR) is 72.8 cm³/mol. The van der Waals surface area contributed by atoms with Gasteiger partial charge < -0.3 is 5.73 Å². The van der Waals surface area contributed by atoms with E-state index in [-0.39, 0.29) is 0 Å². The Kier molecular flexibility index (Phi) is 3.29. The van der Waals surface area contributed by atoms with Gasteiger partial charge in [0.1, 0.15) is 0 Å². The number of hydrogen-bond donors (Lipinski definition) is 1.